The van der Waals surface area contributed by atoms with Crippen molar-refractivity contribution in [1.29, 1.82) is 0 Å². The summed E-state index contributed by atoms with van der Waals surface area (Å²) >= 11 is 0. The molecule has 0 spiro atoms. The van der Waals surface area contributed by atoms with Crippen LogP contribution in [0, 0.1) is 5.41 Å². The van der Waals surface area contributed by atoms with Gasteiger partial charge in [0.1, 0.15) is 0 Å². The molecule has 4 N–H and O–H groups in total. The van der Waals surface area contributed by atoms with Gasteiger partial charge in [0.25, 0.3) is 0 Å². The van der Waals surface area contributed by atoms with E-state index >= 15 is 0 Å². The van der Waals surface area contributed by atoms with E-state index in [2.05, 4.69) is 10.6 Å². The van der Waals surface area contributed by atoms with Gasteiger partial charge in [0, 0.05) is 22.4 Å². The maximum Gasteiger partial charge on any atom is 0.338 e. The Balaban J connectivity index is 2.02. The second kappa shape index (κ2) is 9.21. The van der Waals surface area contributed by atoms with Crippen LogP contribution in [0.1, 0.15) is 48.4 Å². The van der Waals surface area contributed by atoms with Gasteiger partial charge in [-0.1, -0.05) is 26.8 Å². The normalized spacial score (nSPS) is 11.9. The third-order valence-corrected chi connectivity index (χ3v) is 4.13. The summed E-state index contributed by atoms with van der Waals surface area (Å²) in [6, 6.07) is 11.6. The fourth-order valence-electron chi connectivity index (χ4n) is 2.42. The topological polar surface area (TPSA) is 128 Å². The van der Waals surface area contributed by atoms with E-state index in [9.17, 15) is 19.2 Å². The molecule has 0 heterocycles. The van der Waals surface area contributed by atoms with Crippen molar-refractivity contribution >= 4 is 35.1 Å². The molecular formula is C22H25N3O5. The highest BCUT2D eigenvalue weighted by molar-refractivity contribution is 6.02. The number of carbonyl (C=O) groups is 4. The molecule has 0 unspecified atom stereocenters. The molecule has 0 radical (unpaired) electrons. The lowest BCUT2D eigenvalue weighted by Crippen LogP contribution is -2.27. The van der Waals surface area contributed by atoms with Gasteiger partial charge in [0.05, 0.1) is 5.56 Å². The van der Waals surface area contributed by atoms with Crippen LogP contribution in [0.15, 0.2) is 48.5 Å². The number of carbonyl (C=O) groups excluding carboxylic acids is 4. The van der Waals surface area contributed by atoms with Crippen LogP contribution in [0.4, 0.5) is 16.2 Å². The Bertz CT molecular complexity index is 961. The van der Waals surface area contributed by atoms with E-state index in [0.29, 0.717) is 16.9 Å². The highest BCUT2D eigenvalue weighted by atomic mass is 16.5. The van der Waals surface area contributed by atoms with Gasteiger partial charge in [0.2, 0.25) is 11.7 Å². The summed E-state index contributed by atoms with van der Waals surface area (Å²) in [7, 11) is 0. The average Bonchev–Trinajstić information content (AvgIpc) is 2.67. The molecule has 3 amide bonds. The number of urea groups is 1. The zero-order valence-electron chi connectivity index (χ0n) is 17.3. The molecule has 0 aliphatic carbocycles. The smallest absolute Gasteiger partial charge is 0.338 e. The van der Waals surface area contributed by atoms with E-state index in [0.717, 1.165) is 0 Å². The van der Waals surface area contributed by atoms with Crippen LogP contribution < -0.4 is 16.4 Å². The lowest BCUT2D eigenvalue weighted by atomic mass is 9.95. The third kappa shape index (κ3) is 6.16. The van der Waals surface area contributed by atoms with E-state index in [-0.39, 0.29) is 17.3 Å². The molecule has 0 fully saturated rings. The molecule has 0 aliphatic heterocycles. The summed E-state index contributed by atoms with van der Waals surface area (Å²) < 4.78 is 5.25. The number of rotatable bonds is 6. The van der Waals surface area contributed by atoms with E-state index in [1.165, 1.54) is 19.1 Å². The van der Waals surface area contributed by atoms with Gasteiger partial charge in [-0.2, -0.15) is 0 Å². The molecule has 0 saturated heterocycles. The van der Waals surface area contributed by atoms with E-state index in [1.54, 1.807) is 57.2 Å². The molecule has 158 valence electrons. The van der Waals surface area contributed by atoms with Gasteiger partial charge >= 0.3 is 12.0 Å². The zero-order chi connectivity index (χ0) is 22.5. The number of esters is 1. The Morgan fingerprint density at radius 2 is 1.53 bits per heavy atom. The molecule has 2 aromatic rings. The molecule has 2 rings (SSSR count). The first kappa shape index (κ1) is 22.6. The van der Waals surface area contributed by atoms with Crippen LogP contribution in [0.25, 0.3) is 0 Å². The summed E-state index contributed by atoms with van der Waals surface area (Å²) in [6.45, 7) is 6.88. The monoisotopic (exact) mass is 411 g/mol. The maximum atomic E-state index is 12.6. The molecule has 0 saturated carbocycles. The first-order valence-corrected chi connectivity index (χ1v) is 9.30. The van der Waals surface area contributed by atoms with E-state index in [1.807, 2.05) is 0 Å². The number of anilines is 2. The van der Waals surface area contributed by atoms with Gasteiger partial charge in [-0.05, 0) is 49.4 Å². The van der Waals surface area contributed by atoms with Gasteiger partial charge in [0.15, 0.2) is 6.10 Å². The van der Waals surface area contributed by atoms with E-state index in [4.69, 9.17) is 10.5 Å². The summed E-state index contributed by atoms with van der Waals surface area (Å²) in [5.41, 5.74) is 5.93. The number of nitrogens with two attached hydrogens (primary N) is 1. The second-order valence-corrected chi connectivity index (χ2v) is 7.76. The number of hydrogen-bond donors (Lipinski definition) is 3. The van der Waals surface area contributed by atoms with Crippen molar-refractivity contribution in [2.75, 3.05) is 10.6 Å². The number of Topliss-reactive ketones (excluding diaryl/α,β-unsaturated/α-hetero) is 1. The Morgan fingerprint density at radius 1 is 0.900 bits per heavy atom. The number of nitrogens with one attached hydrogen (secondary N) is 2. The Morgan fingerprint density at radius 3 is 2.10 bits per heavy atom. The molecule has 0 bridgehead atoms. The predicted octanol–water partition coefficient (Wildman–Crippen LogP) is 3.59. The van der Waals surface area contributed by atoms with Crippen molar-refractivity contribution in [3.63, 3.8) is 0 Å². The summed E-state index contributed by atoms with van der Waals surface area (Å²) in [5, 5.41) is 5.14. The van der Waals surface area contributed by atoms with Crippen LogP contribution >= 0.6 is 0 Å². The maximum absolute atomic E-state index is 12.6. The molecule has 0 aromatic heterocycles. The quantitative estimate of drug-likeness (QED) is 0.494. The van der Waals surface area contributed by atoms with Gasteiger partial charge in [-0.15, -0.1) is 0 Å². The van der Waals surface area contributed by atoms with Crippen LogP contribution in [-0.4, -0.2) is 29.8 Å². The number of benzene rings is 2. The minimum Gasteiger partial charge on any atom is -0.451 e. The molecule has 8 nitrogen and oxygen atoms in total. The van der Waals surface area contributed by atoms with Crippen molar-refractivity contribution in [3.05, 3.63) is 59.7 Å². The second-order valence-electron chi connectivity index (χ2n) is 7.76. The molecular weight excluding hydrogens is 386 g/mol. The molecule has 8 heteroatoms. The lowest BCUT2D eigenvalue weighted by Gasteiger charge is -2.18. The standard InChI is InChI=1S/C22H25N3O5/c1-13(30-19(27)15-6-5-7-17(12-15)25-21(23)29)18(26)14-8-10-16(11-9-14)24-20(28)22(2,3)4/h5-13H,1-4H3,(H,24,28)(H3,23,25,29)/t13-/m1/s1. The van der Waals surface area contributed by atoms with Gasteiger partial charge in [-0.25, -0.2) is 9.59 Å². The Kier molecular flexibility index (Phi) is 6.94. The highest BCUT2D eigenvalue weighted by Crippen LogP contribution is 2.19. The minimum atomic E-state index is -1.03. The van der Waals surface area contributed by atoms with E-state index < -0.39 is 23.5 Å². The van der Waals surface area contributed by atoms with Crippen molar-refractivity contribution in [2.45, 2.75) is 33.8 Å². The van der Waals surface area contributed by atoms with Crippen LogP contribution in [0.5, 0.6) is 0 Å². The van der Waals surface area contributed by atoms with Crippen molar-refractivity contribution < 1.29 is 23.9 Å². The largest absolute Gasteiger partial charge is 0.451 e. The predicted molar refractivity (Wildman–Crippen MR) is 113 cm³/mol. The van der Waals surface area contributed by atoms with Crippen LogP contribution in [0.3, 0.4) is 0 Å². The lowest BCUT2D eigenvalue weighted by molar-refractivity contribution is -0.123. The van der Waals surface area contributed by atoms with Crippen molar-refractivity contribution in [2.24, 2.45) is 11.1 Å². The Hall–Kier alpha value is -3.68. The SMILES string of the molecule is C[C@@H](OC(=O)c1cccc(NC(N)=O)c1)C(=O)c1ccc(NC(=O)C(C)(C)C)cc1. The zero-order valence-corrected chi connectivity index (χ0v) is 17.3. The van der Waals surface area contributed by atoms with Gasteiger partial charge in [-0.3, -0.25) is 9.59 Å². The summed E-state index contributed by atoms with van der Waals surface area (Å²) in [4.78, 5) is 47.9. The summed E-state index contributed by atoms with van der Waals surface area (Å²) in [6.07, 6.45) is -1.03. The number of amides is 3. The van der Waals surface area contributed by atoms with Gasteiger partial charge < -0.3 is 21.1 Å². The highest BCUT2D eigenvalue weighted by Gasteiger charge is 2.23. The van der Waals surface area contributed by atoms with Crippen molar-refractivity contribution in [3.8, 4) is 0 Å². The number of ether oxygens (including phenoxy) is 1. The molecule has 0 aliphatic rings. The number of primary amides is 1. The Labute approximate surface area is 174 Å². The molecule has 30 heavy (non-hydrogen) atoms. The van der Waals surface area contributed by atoms with Crippen molar-refractivity contribution in [1.82, 2.24) is 0 Å². The number of ketones is 1. The fourth-order valence-corrected chi connectivity index (χ4v) is 2.42. The minimum absolute atomic E-state index is 0.142. The van der Waals surface area contributed by atoms with Crippen LogP contribution in [-0.2, 0) is 9.53 Å². The third-order valence-electron chi connectivity index (χ3n) is 4.13. The number of hydrogen-bond acceptors (Lipinski definition) is 5. The molecule has 1 atom stereocenters. The van der Waals surface area contributed by atoms with Crippen LogP contribution in [0.2, 0.25) is 0 Å². The average molecular weight is 411 g/mol. The summed E-state index contributed by atoms with van der Waals surface area (Å²) in [5.74, 6) is -1.24. The first-order valence-electron chi connectivity index (χ1n) is 9.30. The molecule has 2 aromatic carbocycles. The first-order chi connectivity index (χ1) is 14.0. The fraction of sp³-hybridized carbons (Fsp3) is 0.273.